The lowest BCUT2D eigenvalue weighted by Gasteiger charge is -2.41. The lowest BCUT2D eigenvalue weighted by Crippen LogP contribution is -2.48. The second-order valence-corrected chi connectivity index (χ2v) is 10.9. The van der Waals surface area contributed by atoms with E-state index in [0.717, 1.165) is 18.1 Å². The average Bonchev–Trinajstić information content (AvgIpc) is 2.91. The molecule has 0 spiro atoms. The molecule has 1 N–H and O–H groups in total. The van der Waals surface area contributed by atoms with E-state index in [4.69, 9.17) is 0 Å². The molecule has 3 nitrogen and oxygen atoms in total. The number of Topliss-reactive ketones (excluding diaryl/α,β-unsaturated/α-hetero) is 1. The van der Waals surface area contributed by atoms with E-state index in [0.29, 0.717) is 41.1 Å². The van der Waals surface area contributed by atoms with Gasteiger partial charge >= 0.3 is 0 Å². The van der Waals surface area contributed by atoms with E-state index in [9.17, 15) is 9.59 Å². The van der Waals surface area contributed by atoms with Crippen LogP contribution in [0.15, 0.2) is 0 Å². The van der Waals surface area contributed by atoms with Crippen molar-refractivity contribution in [1.82, 2.24) is 5.32 Å². The Morgan fingerprint density at radius 1 is 1.08 bits per heavy atom. The first-order valence-electron chi connectivity index (χ1n) is 9.63. The van der Waals surface area contributed by atoms with Crippen molar-refractivity contribution in [2.45, 2.75) is 87.0 Å². The maximum Gasteiger partial charge on any atom is 0.220 e. The van der Waals surface area contributed by atoms with Crippen LogP contribution in [0, 0.1) is 11.8 Å². The summed E-state index contributed by atoms with van der Waals surface area (Å²) in [6, 6.07) is 0.347. The molecule has 136 valence electrons. The van der Waals surface area contributed by atoms with E-state index in [1.165, 1.54) is 31.4 Å². The fourth-order valence-corrected chi connectivity index (χ4v) is 7.80. The Labute approximate surface area is 154 Å². The zero-order valence-electron chi connectivity index (χ0n) is 15.0. The number of amides is 1. The van der Waals surface area contributed by atoms with E-state index in [1.54, 1.807) is 0 Å². The lowest BCUT2D eigenvalue weighted by molar-refractivity contribution is -0.127. The molecule has 0 bridgehead atoms. The highest BCUT2D eigenvalue weighted by atomic mass is 32.2. The Balaban J connectivity index is 1.44. The van der Waals surface area contributed by atoms with Gasteiger partial charge in [0.25, 0.3) is 0 Å². The van der Waals surface area contributed by atoms with E-state index >= 15 is 0 Å². The van der Waals surface area contributed by atoms with Crippen molar-refractivity contribution in [3.8, 4) is 0 Å². The zero-order valence-corrected chi connectivity index (χ0v) is 16.6. The van der Waals surface area contributed by atoms with Crippen molar-refractivity contribution in [2.75, 3.05) is 5.75 Å². The minimum Gasteiger partial charge on any atom is -0.353 e. The molecule has 1 aliphatic carbocycles. The first kappa shape index (κ1) is 18.6. The van der Waals surface area contributed by atoms with Gasteiger partial charge in [-0.25, -0.2) is 0 Å². The maximum atomic E-state index is 12.4. The van der Waals surface area contributed by atoms with Gasteiger partial charge in [0.2, 0.25) is 5.91 Å². The van der Waals surface area contributed by atoms with Crippen LogP contribution >= 0.6 is 23.5 Å². The third kappa shape index (κ3) is 4.51. The Hall–Kier alpha value is -0.160. The number of hydrogen-bond acceptors (Lipinski definition) is 4. The summed E-state index contributed by atoms with van der Waals surface area (Å²) >= 11 is 4.01. The molecule has 5 heteroatoms. The number of nitrogens with one attached hydrogen (secondary N) is 1. The van der Waals surface area contributed by atoms with Crippen molar-refractivity contribution in [3.63, 3.8) is 0 Å². The summed E-state index contributed by atoms with van der Waals surface area (Å²) in [7, 11) is 0. The van der Waals surface area contributed by atoms with Crippen molar-refractivity contribution in [3.05, 3.63) is 0 Å². The van der Waals surface area contributed by atoms with Gasteiger partial charge in [-0.3, -0.25) is 9.59 Å². The highest BCUT2D eigenvalue weighted by molar-refractivity contribution is 8.00. The molecule has 0 aromatic rings. The first-order valence-corrected chi connectivity index (χ1v) is 11.6. The highest BCUT2D eigenvalue weighted by Crippen LogP contribution is 2.41. The molecule has 2 saturated heterocycles. The highest BCUT2D eigenvalue weighted by Gasteiger charge is 2.37. The lowest BCUT2D eigenvalue weighted by atomic mass is 9.82. The number of carbonyl (C=O) groups is 2. The van der Waals surface area contributed by atoms with Gasteiger partial charge in [-0.2, -0.15) is 23.5 Å². The molecule has 1 amide bonds. The molecular formula is C19H31NO2S2. The summed E-state index contributed by atoms with van der Waals surface area (Å²) in [6.45, 7) is 4.35. The molecule has 0 aromatic heterocycles. The van der Waals surface area contributed by atoms with E-state index in [-0.39, 0.29) is 11.8 Å². The van der Waals surface area contributed by atoms with Gasteiger partial charge in [0.1, 0.15) is 5.78 Å². The third-order valence-electron chi connectivity index (χ3n) is 5.99. The minimum absolute atomic E-state index is 0.0934. The smallest absolute Gasteiger partial charge is 0.220 e. The monoisotopic (exact) mass is 369 g/mol. The number of rotatable bonds is 5. The fraction of sp³-hybridized carbons (Fsp3) is 0.895. The number of fused-ring (bicyclic) bond motifs is 1. The van der Waals surface area contributed by atoms with Gasteiger partial charge < -0.3 is 5.32 Å². The van der Waals surface area contributed by atoms with Crippen LogP contribution in [-0.4, -0.2) is 39.2 Å². The Kier molecular flexibility index (Phi) is 6.58. The first-order chi connectivity index (χ1) is 11.5. The fourth-order valence-electron chi connectivity index (χ4n) is 4.69. The molecule has 0 aromatic carbocycles. The minimum atomic E-state index is 0.0934. The predicted molar refractivity (Wildman–Crippen MR) is 104 cm³/mol. The Morgan fingerprint density at radius 3 is 2.62 bits per heavy atom. The number of ketones is 1. The van der Waals surface area contributed by atoms with Crippen LogP contribution in [0.1, 0.15) is 65.2 Å². The van der Waals surface area contributed by atoms with E-state index in [1.807, 2.05) is 11.8 Å². The van der Waals surface area contributed by atoms with Gasteiger partial charge in [-0.15, -0.1) is 0 Å². The maximum absolute atomic E-state index is 12.4. The predicted octanol–water partition coefficient (Wildman–Crippen LogP) is 4.05. The summed E-state index contributed by atoms with van der Waals surface area (Å²) in [6.07, 6.45) is 8.11. The van der Waals surface area contributed by atoms with E-state index in [2.05, 4.69) is 30.9 Å². The van der Waals surface area contributed by atoms with Gasteiger partial charge in [-0.1, -0.05) is 26.7 Å². The van der Waals surface area contributed by atoms with Crippen LogP contribution in [0.25, 0.3) is 0 Å². The van der Waals surface area contributed by atoms with Crippen LogP contribution < -0.4 is 5.32 Å². The van der Waals surface area contributed by atoms with Gasteiger partial charge in [0.15, 0.2) is 0 Å². The summed E-state index contributed by atoms with van der Waals surface area (Å²) in [5.74, 6) is 2.37. The molecule has 3 rings (SSSR count). The van der Waals surface area contributed by atoms with Crippen molar-refractivity contribution >= 4 is 35.2 Å². The van der Waals surface area contributed by atoms with Crippen LogP contribution in [0.5, 0.6) is 0 Å². The van der Waals surface area contributed by atoms with Crippen LogP contribution in [0.4, 0.5) is 0 Å². The third-order valence-corrected chi connectivity index (χ3v) is 8.89. The van der Waals surface area contributed by atoms with Crippen LogP contribution in [0.2, 0.25) is 0 Å². The molecule has 2 heterocycles. The molecule has 24 heavy (non-hydrogen) atoms. The number of carbonyl (C=O) groups excluding carboxylic acids is 2. The molecule has 6 atom stereocenters. The standard InChI is InChI=1S/C19H31NO2S2/c1-12-11-15(13(2)24-12)17(21)7-8-19(22)20-16-9-10-23-18-6-4-3-5-14(16)18/h12-16,18H,3-11H2,1-2H3,(H,20,22)/t12?,13?,14?,15?,16-,18?/m0/s1. The normalized spacial score (nSPS) is 39.2. The number of thioether (sulfide) groups is 2. The second-order valence-electron chi connectivity index (χ2n) is 7.78. The molecule has 5 unspecified atom stereocenters. The molecule has 3 fully saturated rings. The molecule has 1 saturated carbocycles. The second kappa shape index (κ2) is 8.48. The quantitative estimate of drug-likeness (QED) is 0.794. The van der Waals surface area contributed by atoms with Gasteiger partial charge in [0.05, 0.1) is 0 Å². The molecule has 2 aliphatic heterocycles. The molecular weight excluding hydrogens is 338 g/mol. The molecule has 3 aliphatic rings. The summed E-state index contributed by atoms with van der Waals surface area (Å²) < 4.78 is 0. The Bertz CT molecular complexity index is 468. The summed E-state index contributed by atoms with van der Waals surface area (Å²) in [4.78, 5) is 24.8. The largest absolute Gasteiger partial charge is 0.353 e. The van der Waals surface area contributed by atoms with E-state index < -0.39 is 0 Å². The number of hydrogen-bond donors (Lipinski definition) is 1. The summed E-state index contributed by atoms with van der Waals surface area (Å²) in [5.41, 5.74) is 0. The van der Waals surface area contributed by atoms with Gasteiger partial charge in [0, 0.05) is 40.6 Å². The van der Waals surface area contributed by atoms with Crippen molar-refractivity contribution in [2.24, 2.45) is 11.8 Å². The molecule has 0 radical (unpaired) electrons. The van der Waals surface area contributed by atoms with Crippen LogP contribution in [0.3, 0.4) is 0 Å². The Morgan fingerprint density at radius 2 is 1.88 bits per heavy atom. The topological polar surface area (TPSA) is 46.2 Å². The van der Waals surface area contributed by atoms with Gasteiger partial charge in [-0.05, 0) is 37.4 Å². The SMILES string of the molecule is CC1CC(C(=O)CCC(=O)N[C@H]2CCSC3CCCCC32)C(C)S1. The average molecular weight is 370 g/mol. The zero-order chi connectivity index (χ0) is 17.1. The summed E-state index contributed by atoms with van der Waals surface area (Å²) in [5, 5.41) is 5.01. The van der Waals surface area contributed by atoms with Crippen LogP contribution in [-0.2, 0) is 9.59 Å². The van der Waals surface area contributed by atoms with Crippen molar-refractivity contribution in [1.29, 1.82) is 0 Å². The van der Waals surface area contributed by atoms with Crippen molar-refractivity contribution < 1.29 is 9.59 Å².